The quantitative estimate of drug-likeness (QED) is 0.697. The highest BCUT2D eigenvalue weighted by atomic mass is 16.2. The van der Waals surface area contributed by atoms with Gasteiger partial charge in [-0.1, -0.05) is 36.4 Å². The van der Waals surface area contributed by atoms with E-state index in [4.69, 9.17) is 0 Å². The molecular formula is C17H16N2O. The Morgan fingerprint density at radius 2 is 1.60 bits per heavy atom. The Morgan fingerprint density at radius 3 is 2.35 bits per heavy atom. The predicted octanol–water partition coefficient (Wildman–Crippen LogP) is 4.34. The number of fused-ring (bicyclic) bond motifs is 1. The molecule has 0 spiro atoms. The first-order valence-corrected chi connectivity index (χ1v) is 6.61. The van der Waals surface area contributed by atoms with E-state index in [-0.39, 0.29) is 6.03 Å². The van der Waals surface area contributed by atoms with Gasteiger partial charge in [0.2, 0.25) is 0 Å². The summed E-state index contributed by atoms with van der Waals surface area (Å²) in [6.07, 6.45) is 0. The Hall–Kier alpha value is -2.55. The van der Waals surface area contributed by atoms with E-state index >= 15 is 0 Å². The van der Waals surface area contributed by atoms with E-state index in [1.807, 2.05) is 68.4 Å². The lowest BCUT2D eigenvalue weighted by molar-refractivity contribution is 0.254. The molecule has 3 rings (SSSR count). The number of nitrogens with one attached hydrogen (secondary N) is 1. The maximum absolute atomic E-state index is 12.5. The van der Waals surface area contributed by atoms with Gasteiger partial charge in [0.1, 0.15) is 0 Å². The van der Waals surface area contributed by atoms with Gasteiger partial charge >= 0.3 is 6.03 Å². The SMILES string of the molecule is Cc1c(C)n(C(=O)Nc2ccccc2)c2ccccc12. The zero-order chi connectivity index (χ0) is 14.1. The average molecular weight is 264 g/mol. The van der Waals surface area contributed by atoms with Crippen LogP contribution in [0.3, 0.4) is 0 Å². The lowest BCUT2D eigenvalue weighted by Gasteiger charge is -2.09. The number of anilines is 1. The molecule has 0 aliphatic rings. The largest absolute Gasteiger partial charge is 0.330 e. The van der Waals surface area contributed by atoms with Crippen LogP contribution in [0.4, 0.5) is 10.5 Å². The highest BCUT2D eigenvalue weighted by molar-refractivity contribution is 6.00. The molecule has 3 heteroatoms. The number of aryl methyl sites for hydroxylation is 1. The van der Waals surface area contributed by atoms with Gasteiger partial charge in [-0.2, -0.15) is 0 Å². The molecule has 0 atom stereocenters. The standard InChI is InChI=1S/C17H16N2O/c1-12-13(2)19(16-11-7-6-10-15(12)16)17(20)18-14-8-4-3-5-9-14/h3-11H,1-2H3,(H,18,20). The van der Waals surface area contributed by atoms with E-state index in [9.17, 15) is 4.79 Å². The summed E-state index contributed by atoms with van der Waals surface area (Å²) >= 11 is 0. The van der Waals surface area contributed by atoms with E-state index < -0.39 is 0 Å². The van der Waals surface area contributed by atoms with Crippen molar-refractivity contribution < 1.29 is 4.79 Å². The van der Waals surface area contributed by atoms with Crippen LogP contribution in [0, 0.1) is 13.8 Å². The monoisotopic (exact) mass is 264 g/mol. The highest BCUT2D eigenvalue weighted by Crippen LogP contribution is 2.25. The van der Waals surface area contributed by atoms with Gasteiger partial charge < -0.3 is 5.32 Å². The zero-order valence-electron chi connectivity index (χ0n) is 11.6. The van der Waals surface area contributed by atoms with Gasteiger partial charge in [-0.05, 0) is 37.6 Å². The Morgan fingerprint density at radius 1 is 0.950 bits per heavy atom. The third-order valence-corrected chi connectivity index (χ3v) is 3.66. The summed E-state index contributed by atoms with van der Waals surface area (Å²) in [5.41, 5.74) is 3.85. The number of hydrogen-bond donors (Lipinski definition) is 1. The number of aromatic nitrogens is 1. The Kier molecular flexibility index (Phi) is 3.03. The molecule has 1 heterocycles. The summed E-state index contributed by atoms with van der Waals surface area (Å²) in [5, 5.41) is 4.05. The smallest absolute Gasteiger partial charge is 0.307 e. The molecule has 0 bridgehead atoms. The second-order valence-corrected chi connectivity index (χ2v) is 4.86. The average Bonchev–Trinajstić information content (AvgIpc) is 2.72. The Bertz CT molecular complexity index is 772. The van der Waals surface area contributed by atoms with Crippen LogP contribution in [0.2, 0.25) is 0 Å². The van der Waals surface area contributed by atoms with Crippen molar-refractivity contribution in [1.82, 2.24) is 4.57 Å². The number of rotatable bonds is 1. The van der Waals surface area contributed by atoms with Crippen molar-refractivity contribution in [3.05, 3.63) is 65.9 Å². The first-order valence-electron chi connectivity index (χ1n) is 6.61. The van der Waals surface area contributed by atoms with E-state index in [2.05, 4.69) is 5.32 Å². The molecule has 0 saturated carbocycles. The van der Waals surface area contributed by atoms with E-state index in [1.54, 1.807) is 4.57 Å². The van der Waals surface area contributed by atoms with Gasteiger partial charge in [0.05, 0.1) is 5.52 Å². The maximum Gasteiger partial charge on any atom is 0.330 e. The van der Waals surface area contributed by atoms with Crippen LogP contribution in [-0.4, -0.2) is 10.6 Å². The van der Waals surface area contributed by atoms with Gasteiger partial charge in [0.15, 0.2) is 0 Å². The van der Waals surface area contributed by atoms with Crippen LogP contribution in [0.5, 0.6) is 0 Å². The summed E-state index contributed by atoms with van der Waals surface area (Å²) < 4.78 is 1.73. The Balaban J connectivity index is 2.06. The molecule has 20 heavy (non-hydrogen) atoms. The minimum Gasteiger partial charge on any atom is -0.307 e. The number of benzene rings is 2. The van der Waals surface area contributed by atoms with Gasteiger partial charge in [-0.25, -0.2) is 4.79 Å². The van der Waals surface area contributed by atoms with Crippen LogP contribution in [-0.2, 0) is 0 Å². The molecule has 2 aromatic carbocycles. The van der Waals surface area contributed by atoms with Crippen molar-refractivity contribution in [1.29, 1.82) is 0 Å². The van der Waals surface area contributed by atoms with Crippen LogP contribution in [0.1, 0.15) is 11.3 Å². The summed E-state index contributed by atoms with van der Waals surface area (Å²) in [6.45, 7) is 4.02. The molecule has 0 fully saturated rings. The molecule has 0 unspecified atom stereocenters. The lowest BCUT2D eigenvalue weighted by Crippen LogP contribution is -2.20. The third-order valence-electron chi connectivity index (χ3n) is 3.66. The van der Waals surface area contributed by atoms with E-state index in [1.165, 1.54) is 0 Å². The van der Waals surface area contributed by atoms with Gasteiger partial charge in [-0.15, -0.1) is 0 Å². The Labute approximate surface area is 117 Å². The molecule has 0 aliphatic carbocycles. The zero-order valence-corrected chi connectivity index (χ0v) is 11.6. The topological polar surface area (TPSA) is 34.0 Å². The minimum absolute atomic E-state index is 0.127. The fourth-order valence-corrected chi connectivity index (χ4v) is 2.49. The number of hydrogen-bond acceptors (Lipinski definition) is 1. The van der Waals surface area contributed by atoms with Crippen molar-refractivity contribution in [2.45, 2.75) is 13.8 Å². The molecule has 0 aliphatic heterocycles. The maximum atomic E-state index is 12.5. The fraction of sp³-hybridized carbons (Fsp3) is 0.118. The van der Waals surface area contributed by atoms with Crippen LogP contribution < -0.4 is 5.32 Å². The predicted molar refractivity (Wildman–Crippen MR) is 82.3 cm³/mol. The minimum atomic E-state index is -0.127. The van der Waals surface area contributed by atoms with Crippen LogP contribution >= 0.6 is 0 Å². The summed E-state index contributed by atoms with van der Waals surface area (Å²) in [4.78, 5) is 12.5. The highest BCUT2D eigenvalue weighted by Gasteiger charge is 2.15. The molecule has 0 radical (unpaired) electrons. The summed E-state index contributed by atoms with van der Waals surface area (Å²) in [5.74, 6) is 0. The molecular weight excluding hydrogens is 248 g/mol. The number of nitrogens with zero attached hydrogens (tertiary/aromatic N) is 1. The molecule has 1 N–H and O–H groups in total. The molecule has 1 aromatic heterocycles. The number of carbonyl (C=O) groups is 1. The van der Waals surface area contributed by atoms with Gasteiger partial charge in [-0.3, -0.25) is 4.57 Å². The molecule has 1 amide bonds. The molecule has 3 aromatic rings. The number of para-hydroxylation sites is 2. The summed E-state index contributed by atoms with van der Waals surface area (Å²) in [7, 11) is 0. The second kappa shape index (κ2) is 4.85. The second-order valence-electron chi connectivity index (χ2n) is 4.86. The lowest BCUT2D eigenvalue weighted by atomic mass is 10.2. The van der Waals surface area contributed by atoms with Crippen molar-refractivity contribution in [3.8, 4) is 0 Å². The van der Waals surface area contributed by atoms with Crippen molar-refractivity contribution in [3.63, 3.8) is 0 Å². The van der Waals surface area contributed by atoms with Crippen LogP contribution in [0.25, 0.3) is 10.9 Å². The number of carbonyl (C=O) groups excluding carboxylic acids is 1. The fourth-order valence-electron chi connectivity index (χ4n) is 2.49. The molecule has 100 valence electrons. The first-order chi connectivity index (χ1) is 9.68. The van der Waals surface area contributed by atoms with Crippen molar-refractivity contribution >= 4 is 22.6 Å². The molecule has 0 saturated heterocycles. The van der Waals surface area contributed by atoms with Crippen LogP contribution in [0.15, 0.2) is 54.6 Å². The van der Waals surface area contributed by atoms with Gasteiger partial charge in [0, 0.05) is 16.8 Å². The van der Waals surface area contributed by atoms with Gasteiger partial charge in [0.25, 0.3) is 0 Å². The van der Waals surface area contributed by atoms with Crippen molar-refractivity contribution in [2.24, 2.45) is 0 Å². The third kappa shape index (κ3) is 1.97. The normalized spacial score (nSPS) is 10.7. The summed E-state index contributed by atoms with van der Waals surface area (Å²) in [6, 6.07) is 17.3. The van der Waals surface area contributed by atoms with E-state index in [0.29, 0.717) is 0 Å². The van der Waals surface area contributed by atoms with Crippen molar-refractivity contribution in [2.75, 3.05) is 5.32 Å². The number of amides is 1. The first kappa shape index (κ1) is 12.5. The molecule has 3 nitrogen and oxygen atoms in total. The van der Waals surface area contributed by atoms with E-state index in [0.717, 1.165) is 27.8 Å².